The van der Waals surface area contributed by atoms with Gasteiger partial charge in [0.15, 0.2) is 6.61 Å². The molecule has 9 heteroatoms. The summed E-state index contributed by atoms with van der Waals surface area (Å²) in [4.78, 5) is 12.3. The summed E-state index contributed by atoms with van der Waals surface area (Å²) in [5, 5.41) is 9.71. The predicted molar refractivity (Wildman–Crippen MR) is 157 cm³/mol. The quantitative estimate of drug-likeness (QED) is 0.145. The number of carbonyl (C=O) groups is 1. The molecule has 0 fully saturated rings. The van der Waals surface area contributed by atoms with Gasteiger partial charge in [-0.05, 0) is 60.2 Å². The third kappa shape index (κ3) is 7.08. The fraction of sp³-hybridized carbons (Fsp3) is 0.0645. The number of para-hydroxylation sites is 1. The number of nitrogens with zero attached hydrogens (tertiary/aromatic N) is 3. The maximum Gasteiger partial charge on any atom is 0.277 e. The van der Waals surface area contributed by atoms with E-state index >= 15 is 0 Å². The lowest BCUT2D eigenvalue weighted by Crippen LogP contribution is -2.24. The fourth-order valence-corrected chi connectivity index (χ4v) is 4.27. The van der Waals surface area contributed by atoms with Crippen molar-refractivity contribution in [3.05, 3.63) is 130 Å². The van der Waals surface area contributed by atoms with Crippen LogP contribution in [0.5, 0.6) is 11.5 Å². The zero-order valence-electron chi connectivity index (χ0n) is 21.2. The SMILES string of the molecule is O=C(COc1ccc(Cl)cc1Cl)N/N=C/c1cn(-c2ccccc2)nc1-c1ccc(OCc2ccccc2)cc1. The molecule has 0 atom stereocenters. The minimum atomic E-state index is -0.445. The Bertz CT molecular complexity index is 1610. The number of nitrogens with one attached hydrogen (secondary N) is 1. The number of aromatic nitrogens is 2. The number of rotatable bonds is 10. The van der Waals surface area contributed by atoms with Gasteiger partial charge in [-0.3, -0.25) is 4.79 Å². The second-order valence-electron chi connectivity index (χ2n) is 8.67. The predicted octanol–water partition coefficient (Wildman–Crippen LogP) is 6.95. The molecule has 5 aromatic rings. The minimum absolute atomic E-state index is 0.265. The molecule has 0 spiro atoms. The summed E-state index contributed by atoms with van der Waals surface area (Å²) in [6.45, 7) is 0.216. The van der Waals surface area contributed by atoms with Gasteiger partial charge in [-0.2, -0.15) is 10.2 Å². The number of hydrazone groups is 1. The van der Waals surface area contributed by atoms with Crippen LogP contribution < -0.4 is 14.9 Å². The van der Waals surface area contributed by atoms with Gasteiger partial charge in [0.05, 0.1) is 16.9 Å². The summed E-state index contributed by atoms with van der Waals surface area (Å²) >= 11 is 12.0. The average Bonchev–Trinajstić information content (AvgIpc) is 3.41. The number of hydrogen-bond donors (Lipinski definition) is 1. The van der Waals surface area contributed by atoms with Crippen molar-refractivity contribution in [1.29, 1.82) is 0 Å². The lowest BCUT2D eigenvalue weighted by Gasteiger charge is -2.07. The van der Waals surface area contributed by atoms with Crippen LogP contribution in [-0.4, -0.2) is 28.5 Å². The Labute approximate surface area is 241 Å². The van der Waals surface area contributed by atoms with Crippen LogP contribution in [0, 0.1) is 0 Å². The van der Waals surface area contributed by atoms with Gasteiger partial charge in [-0.15, -0.1) is 0 Å². The molecule has 0 saturated heterocycles. The van der Waals surface area contributed by atoms with Crippen LogP contribution in [0.15, 0.2) is 114 Å². The number of carbonyl (C=O) groups excluding carboxylic acids is 1. The van der Waals surface area contributed by atoms with Gasteiger partial charge < -0.3 is 9.47 Å². The van der Waals surface area contributed by atoms with Crippen LogP contribution >= 0.6 is 23.2 Å². The van der Waals surface area contributed by atoms with Crippen molar-refractivity contribution in [2.75, 3.05) is 6.61 Å². The monoisotopic (exact) mass is 570 g/mol. The van der Waals surface area contributed by atoms with Crippen molar-refractivity contribution in [1.82, 2.24) is 15.2 Å². The summed E-state index contributed by atoms with van der Waals surface area (Å²) in [7, 11) is 0. The highest BCUT2D eigenvalue weighted by Crippen LogP contribution is 2.28. The molecule has 0 unspecified atom stereocenters. The topological polar surface area (TPSA) is 77.7 Å². The standard InChI is InChI=1S/C31H24Cl2N4O3/c32-25-13-16-29(28(33)17-25)40-21-30(38)35-34-18-24-19-37(26-9-5-2-6-10-26)36-31(24)23-11-14-27(15-12-23)39-20-22-7-3-1-4-8-22/h1-19H,20-21H2,(H,35,38)/b34-18+. The van der Waals surface area contributed by atoms with Crippen LogP contribution in [0.25, 0.3) is 16.9 Å². The third-order valence-corrected chi connectivity index (χ3v) is 6.32. The molecule has 1 amide bonds. The molecule has 1 N–H and O–H groups in total. The van der Waals surface area contributed by atoms with Crippen LogP contribution in [0.3, 0.4) is 0 Å². The van der Waals surface area contributed by atoms with Crippen LogP contribution in [0.2, 0.25) is 10.0 Å². The molecule has 0 radical (unpaired) electrons. The molecule has 4 aromatic carbocycles. The number of halogens is 2. The largest absolute Gasteiger partial charge is 0.489 e. The van der Waals surface area contributed by atoms with Gasteiger partial charge in [-0.1, -0.05) is 71.7 Å². The van der Waals surface area contributed by atoms with E-state index in [9.17, 15) is 4.79 Å². The van der Waals surface area contributed by atoms with E-state index in [1.807, 2.05) is 91.1 Å². The summed E-state index contributed by atoms with van der Waals surface area (Å²) in [5.74, 6) is 0.658. The first-order valence-electron chi connectivity index (χ1n) is 12.4. The second-order valence-corrected chi connectivity index (χ2v) is 9.51. The van der Waals surface area contributed by atoms with Crippen LogP contribution in [0.1, 0.15) is 11.1 Å². The first-order chi connectivity index (χ1) is 19.5. The van der Waals surface area contributed by atoms with Crippen molar-refractivity contribution in [3.8, 4) is 28.4 Å². The van der Waals surface area contributed by atoms with Crippen LogP contribution in [0.4, 0.5) is 0 Å². The first-order valence-corrected chi connectivity index (χ1v) is 13.1. The van der Waals surface area contributed by atoms with Gasteiger partial charge in [0.1, 0.15) is 23.8 Å². The highest BCUT2D eigenvalue weighted by atomic mass is 35.5. The van der Waals surface area contributed by atoms with E-state index in [-0.39, 0.29) is 6.61 Å². The van der Waals surface area contributed by atoms with Gasteiger partial charge in [0, 0.05) is 22.3 Å². The molecule has 40 heavy (non-hydrogen) atoms. The molecular formula is C31H24Cl2N4O3. The van der Waals surface area contributed by atoms with Crippen molar-refractivity contribution < 1.29 is 14.3 Å². The summed E-state index contributed by atoms with van der Waals surface area (Å²) in [5.41, 5.74) is 6.74. The van der Waals surface area contributed by atoms with E-state index in [1.165, 1.54) is 0 Å². The summed E-state index contributed by atoms with van der Waals surface area (Å²) < 4.78 is 13.2. The van der Waals surface area contributed by atoms with E-state index in [0.717, 1.165) is 22.6 Å². The zero-order valence-corrected chi connectivity index (χ0v) is 22.7. The van der Waals surface area contributed by atoms with Gasteiger partial charge in [0.25, 0.3) is 5.91 Å². The van der Waals surface area contributed by atoms with E-state index in [0.29, 0.717) is 33.7 Å². The number of ether oxygens (including phenoxy) is 2. The zero-order chi connectivity index (χ0) is 27.7. The molecule has 7 nitrogen and oxygen atoms in total. The molecule has 200 valence electrons. The summed E-state index contributed by atoms with van der Waals surface area (Å²) in [6, 6.07) is 32.2. The lowest BCUT2D eigenvalue weighted by atomic mass is 10.1. The Balaban J connectivity index is 1.29. The van der Waals surface area contributed by atoms with E-state index in [4.69, 9.17) is 37.8 Å². The number of amides is 1. The van der Waals surface area contributed by atoms with Crippen LogP contribution in [-0.2, 0) is 11.4 Å². The highest BCUT2D eigenvalue weighted by molar-refractivity contribution is 6.35. The smallest absolute Gasteiger partial charge is 0.277 e. The van der Waals surface area contributed by atoms with E-state index < -0.39 is 5.91 Å². The molecule has 0 aliphatic rings. The Morgan fingerprint density at radius 2 is 1.62 bits per heavy atom. The number of hydrogen-bond acceptors (Lipinski definition) is 5. The maximum atomic E-state index is 12.3. The molecule has 5 rings (SSSR count). The molecular weight excluding hydrogens is 547 g/mol. The molecule has 0 aliphatic heterocycles. The van der Waals surface area contributed by atoms with Crippen molar-refractivity contribution in [3.63, 3.8) is 0 Å². The fourth-order valence-electron chi connectivity index (χ4n) is 3.81. The Kier molecular flexibility index (Phi) is 8.76. The first kappa shape index (κ1) is 27.0. The lowest BCUT2D eigenvalue weighted by molar-refractivity contribution is -0.123. The summed E-state index contributed by atoms with van der Waals surface area (Å²) in [6.07, 6.45) is 3.40. The van der Waals surface area contributed by atoms with Gasteiger partial charge in [-0.25, -0.2) is 10.1 Å². The Hall–Kier alpha value is -4.59. The van der Waals surface area contributed by atoms with Gasteiger partial charge in [0.2, 0.25) is 0 Å². The minimum Gasteiger partial charge on any atom is -0.489 e. The normalized spacial score (nSPS) is 10.9. The molecule has 0 bridgehead atoms. The average molecular weight is 571 g/mol. The Morgan fingerprint density at radius 1 is 0.900 bits per heavy atom. The molecule has 0 saturated carbocycles. The Morgan fingerprint density at radius 3 is 2.35 bits per heavy atom. The highest BCUT2D eigenvalue weighted by Gasteiger charge is 2.12. The molecule has 1 heterocycles. The van der Waals surface area contributed by atoms with E-state index in [2.05, 4.69) is 10.5 Å². The van der Waals surface area contributed by atoms with Gasteiger partial charge >= 0.3 is 0 Å². The number of benzene rings is 4. The van der Waals surface area contributed by atoms with E-state index in [1.54, 1.807) is 29.1 Å². The third-order valence-electron chi connectivity index (χ3n) is 5.78. The second kappa shape index (κ2) is 13.0. The van der Waals surface area contributed by atoms with Crippen molar-refractivity contribution in [2.45, 2.75) is 6.61 Å². The maximum absolute atomic E-state index is 12.3. The molecule has 1 aromatic heterocycles. The molecule has 0 aliphatic carbocycles. The van der Waals surface area contributed by atoms with Crippen molar-refractivity contribution in [2.24, 2.45) is 5.10 Å². The van der Waals surface area contributed by atoms with Crippen molar-refractivity contribution >= 4 is 35.3 Å².